The van der Waals surface area contributed by atoms with E-state index in [0.29, 0.717) is 6.42 Å². The smallest absolute Gasteiger partial charge is 0.224 e. The Hall–Kier alpha value is -1.85. The zero-order chi connectivity index (χ0) is 15.2. The van der Waals surface area contributed by atoms with Gasteiger partial charge in [-0.3, -0.25) is 4.79 Å². The molecule has 0 aliphatic rings. The SMILES string of the molecule is O=C(CCCSc1ccccc1)Nc1ccc2ncsc2c1. The van der Waals surface area contributed by atoms with Gasteiger partial charge in [0, 0.05) is 17.0 Å². The Morgan fingerprint density at radius 3 is 2.91 bits per heavy atom. The summed E-state index contributed by atoms with van der Waals surface area (Å²) in [5, 5.41) is 2.95. The highest BCUT2D eigenvalue weighted by molar-refractivity contribution is 7.99. The van der Waals surface area contributed by atoms with Crippen molar-refractivity contribution in [2.24, 2.45) is 0 Å². The number of thioether (sulfide) groups is 1. The maximum Gasteiger partial charge on any atom is 0.224 e. The molecule has 3 nitrogen and oxygen atoms in total. The molecular weight excluding hydrogens is 312 g/mol. The molecule has 0 aliphatic carbocycles. The lowest BCUT2D eigenvalue weighted by Crippen LogP contribution is -2.11. The Morgan fingerprint density at radius 2 is 2.05 bits per heavy atom. The summed E-state index contributed by atoms with van der Waals surface area (Å²) in [6, 6.07) is 16.1. The Balaban J connectivity index is 1.44. The topological polar surface area (TPSA) is 42.0 Å². The van der Waals surface area contributed by atoms with E-state index in [-0.39, 0.29) is 5.91 Å². The van der Waals surface area contributed by atoms with E-state index in [1.54, 1.807) is 23.1 Å². The van der Waals surface area contributed by atoms with Crippen LogP contribution in [0.2, 0.25) is 0 Å². The van der Waals surface area contributed by atoms with Crippen LogP contribution >= 0.6 is 23.1 Å². The fraction of sp³-hybridized carbons (Fsp3) is 0.176. The third-order valence-electron chi connectivity index (χ3n) is 3.18. The number of aromatic nitrogens is 1. The summed E-state index contributed by atoms with van der Waals surface area (Å²) >= 11 is 3.37. The van der Waals surface area contributed by atoms with Gasteiger partial charge in [-0.2, -0.15) is 0 Å². The summed E-state index contributed by atoms with van der Waals surface area (Å²) in [7, 11) is 0. The van der Waals surface area contributed by atoms with E-state index in [2.05, 4.69) is 22.4 Å². The average Bonchev–Trinajstić information content (AvgIpc) is 3.00. The van der Waals surface area contributed by atoms with Crippen LogP contribution in [0.3, 0.4) is 0 Å². The maximum atomic E-state index is 12.0. The van der Waals surface area contributed by atoms with Gasteiger partial charge >= 0.3 is 0 Å². The number of benzene rings is 2. The molecule has 3 aromatic rings. The van der Waals surface area contributed by atoms with Crippen molar-refractivity contribution in [1.82, 2.24) is 4.98 Å². The number of hydrogen-bond donors (Lipinski definition) is 1. The molecule has 3 rings (SSSR count). The van der Waals surface area contributed by atoms with E-state index in [1.807, 2.05) is 41.9 Å². The van der Waals surface area contributed by atoms with Gasteiger partial charge in [0.05, 0.1) is 15.7 Å². The lowest BCUT2D eigenvalue weighted by atomic mass is 10.2. The van der Waals surface area contributed by atoms with E-state index in [0.717, 1.165) is 28.1 Å². The second kappa shape index (κ2) is 7.42. The summed E-state index contributed by atoms with van der Waals surface area (Å²) in [6.07, 6.45) is 1.41. The summed E-state index contributed by atoms with van der Waals surface area (Å²) < 4.78 is 1.09. The monoisotopic (exact) mass is 328 g/mol. The number of amides is 1. The summed E-state index contributed by atoms with van der Waals surface area (Å²) in [6.45, 7) is 0. The Kier molecular flexibility index (Phi) is 5.08. The number of fused-ring (bicyclic) bond motifs is 1. The second-order valence-electron chi connectivity index (χ2n) is 4.85. The number of hydrogen-bond acceptors (Lipinski definition) is 4. The van der Waals surface area contributed by atoms with Crippen molar-refractivity contribution >= 4 is 44.9 Å². The van der Waals surface area contributed by atoms with E-state index in [4.69, 9.17) is 0 Å². The fourth-order valence-electron chi connectivity index (χ4n) is 2.10. The van der Waals surface area contributed by atoms with Crippen molar-refractivity contribution < 1.29 is 4.79 Å². The lowest BCUT2D eigenvalue weighted by molar-refractivity contribution is -0.116. The van der Waals surface area contributed by atoms with Gasteiger partial charge in [0.25, 0.3) is 0 Å². The highest BCUT2D eigenvalue weighted by Gasteiger charge is 2.04. The van der Waals surface area contributed by atoms with Gasteiger partial charge in [0.2, 0.25) is 5.91 Å². The zero-order valence-corrected chi connectivity index (χ0v) is 13.6. The third-order valence-corrected chi connectivity index (χ3v) is 5.07. The molecule has 1 aromatic heterocycles. The number of nitrogens with zero attached hydrogens (tertiary/aromatic N) is 1. The van der Waals surface area contributed by atoms with Crippen LogP contribution in [0.5, 0.6) is 0 Å². The minimum Gasteiger partial charge on any atom is -0.326 e. The average molecular weight is 328 g/mol. The van der Waals surface area contributed by atoms with Crippen molar-refractivity contribution in [3.05, 3.63) is 54.0 Å². The van der Waals surface area contributed by atoms with Crippen LogP contribution in [-0.4, -0.2) is 16.6 Å². The predicted octanol–water partition coefficient (Wildman–Crippen LogP) is 4.81. The van der Waals surface area contributed by atoms with Gasteiger partial charge in [-0.25, -0.2) is 4.98 Å². The van der Waals surface area contributed by atoms with Crippen LogP contribution in [0.25, 0.3) is 10.2 Å². The number of nitrogens with one attached hydrogen (secondary N) is 1. The van der Waals surface area contributed by atoms with Gasteiger partial charge in [0.1, 0.15) is 0 Å². The molecular formula is C17H16N2OS2. The second-order valence-corrected chi connectivity index (χ2v) is 6.90. The predicted molar refractivity (Wildman–Crippen MR) is 94.6 cm³/mol. The number of rotatable bonds is 6. The van der Waals surface area contributed by atoms with Crippen molar-refractivity contribution in [3.63, 3.8) is 0 Å². The van der Waals surface area contributed by atoms with Crippen LogP contribution in [0.1, 0.15) is 12.8 Å². The van der Waals surface area contributed by atoms with E-state index in [9.17, 15) is 4.79 Å². The van der Waals surface area contributed by atoms with Gasteiger partial charge in [-0.1, -0.05) is 18.2 Å². The minimum atomic E-state index is 0.0672. The molecule has 1 amide bonds. The van der Waals surface area contributed by atoms with Crippen LogP contribution in [-0.2, 0) is 4.79 Å². The molecule has 0 aliphatic heterocycles. The largest absolute Gasteiger partial charge is 0.326 e. The lowest BCUT2D eigenvalue weighted by Gasteiger charge is -2.05. The summed E-state index contributed by atoms with van der Waals surface area (Å²) in [4.78, 5) is 17.4. The quantitative estimate of drug-likeness (QED) is 0.522. The highest BCUT2D eigenvalue weighted by atomic mass is 32.2. The van der Waals surface area contributed by atoms with Crippen molar-refractivity contribution in [3.8, 4) is 0 Å². The van der Waals surface area contributed by atoms with Crippen LogP contribution in [0, 0.1) is 0 Å². The first-order chi connectivity index (χ1) is 10.8. The third kappa shape index (κ3) is 4.08. The first kappa shape index (κ1) is 15.1. The molecule has 0 saturated carbocycles. The van der Waals surface area contributed by atoms with Crippen molar-refractivity contribution in [1.29, 1.82) is 0 Å². The molecule has 112 valence electrons. The van der Waals surface area contributed by atoms with Crippen LogP contribution in [0.4, 0.5) is 5.69 Å². The molecule has 22 heavy (non-hydrogen) atoms. The summed E-state index contributed by atoms with van der Waals surface area (Å²) in [5.74, 6) is 1.02. The van der Waals surface area contributed by atoms with Crippen molar-refractivity contribution in [2.45, 2.75) is 17.7 Å². The molecule has 0 spiro atoms. The Morgan fingerprint density at radius 1 is 1.18 bits per heavy atom. The minimum absolute atomic E-state index is 0.0672. The molecule has 5 heteroatoms. The number of carbonyl (C=O) groups excluding carboxylic acids is 1. The normalized spacial score (nSPS) is 10.7. The molecule has 0 unspecified atom stereocenters. The van der Waals surface area contributed by atoms with Gasteiger partial charge in [-0.05, 0) is 42.5 Å². The molecule has 2 aromatic carbocycles. The first-order valence-corrected chi connectivity index (χ1v) is 8.99. The van der Waals surface area contributed by atoms with Gasteiger partial charge < -0.3 is 5.32 Å². The number of anilines is 1. The Bertz CT molecular complexity index is 755. The molecule has 1 heterocycles. The van der Waals surface area contributed by atoms with Crippen LogP contribution < -0.4 is 5.32 Å². The maximum absolute atomic E-state index is 12.0. The van der Waals surface area contributed by atoms with Gasteiger partial charge in [0.15, 0.2) is 0 Å². The first-order valence-electron chi connectivity index (χ1n) is 7.12. The van der Waals surface area contributed by atoms with E-state index >= 15 is 0 Å². The zero-order valence-electron chi connectivity index (χ0n) is 12.0. The van der Waals surface area contributed by atoms with Crippen molar-refractivity contribution in [2.75, 3.05) is 11.1 Å². The highest BCUT2D eigenvalue weighted by Crippen LogP contribution is 2.22. The van der Waals surface area contributed by atoms with Crippen LogP contribution in [0.15, 0.2) is 58.9 Å². The molecule has 0 atom stereocenters. The van der Waals surface area contributed by atoms with Gasteiger partial charge in [-0.15, -0.1) is 23.1 Å². The molecule has 0 radical (unpaired) electrons. The standard InChI is InChI=1S/C17H16N2OS2/c20-17(7-4-10-21-14-5-2-1-3-6-14)19-13-8-9-15-16(11-13)22-12-18-15/h1-3,5-6,8-9,11-12H,4,7,10H2,(H,19,20). The Labute approximate surface area is 137 Å². The number of carbonyl (C=O) groups is 1. The molecule has 1 N–H and O–H groups in total. The summed E-state index contributed by atoms with van der Waals surface area (Å²) in [5.41, 5.74) is 3.64. The van der Waals surface area contributed by atoms with E-state index in [1.165, 1.54) is 4.90 Å². The molecule has 0 bridgehead atoms. The molecule has 0 fully saturated rings. The van der Waals surface area contributed by atoms with E-state index < -0.39 is 0 Å². The number of thiazole rings is 1. The molecule has 0 saturated heterocycles. The fourth-order valence-corrected chi connectivity index (χ4v) is 3.69.